The fourth-order valence-electron chi connectivity index (χ4n) is 4.09. The van der Waals surface area contributed by atoms with Gasteiger partial charge < -0.3 is 4.74 Å². The number of carbonyl (C=O) groups excluding carboxylic acids is 1. The summed E-state index contributed by atoms with van der Waals surface area (Å²) < 4.78 is 5.42. The Bertz CT molecular complexity index is 1420. The number of benzene rings is 2. The Morgan fingerprint density at radius 3 is 2.17 bits per heavy atom. The number of hydrogen-bond donors (Lipinski definition) is 0. The average molecular weight is 519 g/mol. The molecule has 0 amide bonds. The molecule has 0 atom stereocenters. The molecule has 0 unspecified atom stereocenters. The lowest BCUT2D eigenvalue weighted by Crippen LogP contribution is -2.28. The van der Waals surface area contributed by atoms with Gasteiger partial charge in [0.25, 0.3) is 0 Å². The quantitative estimate of drug-likeness (QED) is 0.323. The minimum Gasteiger partial charge on any atom is -0.497 e. The highest BCUT2D eigenvalue weighted by Crippen LogP contribution is 2.43. The lowest BCUT2D eigenvalue weighted by molar-refractivity contribution is -0.114. The van der Waals surface area contributed by atoms with E-state index in [0.29, 0.717) is 16.4 Å². The zero-order valence-corrected chi connectivity index (χ0v) is 23.3. The smallest absolute Gasteiger partial charge is 0.186 e. The summed E-state index contributed by atoms with van der Waals surface area (Å²) in [6, 6.07) is 13.4. The molecule has 0 spiro atoms. The molecule has 6 heteroatoms. The highest BCUT2D eigenvalue weighted by molar-refractivity contribution is 7.12. The predicted octanol–water partition coefficient (Wildman–Crippen LogP) is 9.59. The summed E-state index contributed by atoms with van der Waals surface area (Å²) in [5.41, 5.74) is 3.02. The molecule has 0 aliphatic heterocycles. The highest BCUT2D eigenvalue weighted by Gasteiger charge is 2.35. The topological polar surface area (TPSA) is 51.0 Å². The number of methoxy groups -OCH3 is 1. The van der Waals surface area contributed by atoms with E-state index < -0.39 is 0 Å². The standard InChI is InChI=1S/C30H31ClN2O2S/c1-29(2,3)22-15-18(16-23(27(22)34)30(4,5)6)26(33-32-25-11-9-8-10-24(25)31)28-21-13-12-20(35-7)14-19(21)17-36-28/h8-17H,1-7H3. The van der Waals surface area contributed by atoms with Gasteiger partial charge in [0.15, 0.2) is 5.78 Å². The lowest BCUT2D eigenvalue weighted by atomic mass is 9.71. The van der Waals surface area contributed by atoms with Crippen molar-refractivity contribution in [2.45, 2.75) is 41.5 Å². The number of Topliss-reactive ketones (excluding diaryl/α,β-unsaturated/α-hetero) is 1. The van der Waals surface area contributed by atoms with Gasteiger partial charge in [0.05, 0.1) is 17.0 Å². The van der Waals surface area contributed by atoms with E-state index in [-0.39, 0.29) is 16.6 Å². The Kier molecular flexibility index (Phi) is 7.09. The molecule has 3 aromatic rings. The van der Waals surface area contributed by atoms with Gasteiger partial charge >= 0.3 is 0 Å². The van der Waals surface area contributed by atoms with Crippen LogP contribution in [-0.4, -0.2) is 12.9 Å². The van der Waals surface area contributed by atoms with Gasteiger partial charge in [0.1, 0.15) is 17.1 Å². The number of nitrogens with zero attached hydrogens (tertiary/aromatic N) is 2. The summed E-state index contributed by atoms with van der Waals surface area (Å²) >= 11 is 7.98. The normalized spacial score (nSPS) is 14.9. The molecule has 0 N–H and O–H groups in total. The molecule has 0 bridgehead atoms. The largest absolute Gasteiger partial charge is 0.497 e. The van der Waals surface area contributed by atoms with Crippen molar-refractivity contribution in [2.24, 2.45) is 21.1 Å². The molecule has 0 saturated carbocycles. The van der Waals surface area contributed by atoms with E-state index in [9.17, 15) is 4.79 Å². The minimum atomic E-state index is -0.330. The Balaban J connectivity index is 2.03. The zero-order chi connectivity index (χ0) is 26.3. The second-order valence-corrected chi connectivity index (χ2v) is 12.2. The fraction of sp³-hybridized carbons (Fsp3) is 0.300. The van der Waals surface area contributed by atoms with Crippen LogP contribution in [0.3, 0.4) is 0 Å². The SMILES string of the molecule is COc1ccc2c(C(N=Nc3ccccc3Cl)=C3C=C(C(C)(C)C)C(=O)C(C(C)(C)C)=C3)scc2c1. The lowest BCUT2D eigenvalue weighted by Gasteiger charge is -2.31. The molecular formula is C30H31ClN2O2S. The number of ketones is 1. The van der Waals surface area contributed by atoms with Gasteiger partial charge in [-0.15, -0.1) is 21.6 Å². The van der Waals surface area contributed by atoms with Crippen LogP contribution in [0.5, 0.6) is 5.75 Å². The first-order valence-electron chi connectivity index (χ1n) is 11.9. The van der Waals surface area contributed by atoms with Crippen molar-refractivity contribution in [3.05, 3.63) is 86.6 Å². The van der Waals surface area contributed by atoms with Crippen molar-refractivity contribution in [3.63, 3.8) is 0 Å². The van der Waals surface area contributed by atoms with Gasteiger partial charge in [0, 0.05) is 22.1 Å². The van der Waals surface area contributed by atoms with E-state index in [0.717, 1.165) is 38.1 Å². The van der Waals surface area contributed by atoms with Crippen LogP contribution in [0.1, 0.15) is 46.4 Å². The Labute approximate surface area is 222 Å². The highest BCUT2D eigenvalue weighted by atomic mass is 35.5. The maximum atomic E-state index is 13.5. The van der Waals surface area contributed by atoms with Crippen LogP contribution in [0.4, 0.5) is 5.69 Å². The number of azo groups is 1. The summed E-state index contributed by atoms with van der Waals surface area (Å²) in [7, 11) is 1.66. The molecule has 4 rings (SSSR count). The number of ether oxygens (including phenoxy) is 1. The number of hydrogen-bond acceptors (Lipinski definition) is 5. The molecule has 186 valence electrons. The molecule has 36 heavy (non-hydrogen) atoms. The van der Waals surface area contributed by atoms with Crippen LogP contribution in [0, 0.1) is 10.8 Å². The molecule has 0 radical (unpaired) electrons. The summed E-state index contributed by atoms with van der Waals surface area (Å²) in [6.45, 7) is 12.4. The first-order chi connectivity index (χ1) is 16.9. The zero-order valence-electron chi connectivity index (χ0n) is 21.8. The molecule has 1 aliphatic rings. The first-order valence-corrected chi connectivity index (χ1v) is 13.1. The number of fused-ring (bicyclic) bond motifs is 1. The number of allylic oxidation sites excluding steroid dienone is 5. The van der Waals surface area contributed by atoms with Gasteiger partial charge in [-0.3, -0.25) is 4.79 Å². The van der Waals surface area contributed by atoms with Gasteiger partial charge in [-0.2, -0.15) is 0 Å². The van der Waals surface area contributed by atoms with Gasteiger partial charge in [0.2, 0.25) is 0 Å². The van der Waals surface area contributed by atoms with Gasteiger partial charge in [-0.1, -0.05) is 65.3 Å². The van der Waals surface area contributed by atoms with Crippen molar-refractivity contribution in [2.75, 3.05) is 7.11 Å². The number of thiophene rings is 1. The van der Waals surface area contributed by atoms with E-state index in [1.54, 1.807) is 24.5 Å². The summed E-state index contributed by atoms with van der Waals surface area (Å²) in [6.07, 6.45) is 3.96. The Hall–Kier alpha value is -3.02. The van der Waals surface area contributed by atoms with Crippen LogP contribution >= 0.6 is 22.9 Å². The predicted molar refractivity (Wildman–Crippen MR) is 151 cm³/mol. The third-order valence-electron chi connectivity index (χ3n) is 6.11. The number of rotatable bonds is 4. The Morgan fingerprint density at radius 1 is 0.944 bits per heavy atom. The third-order valence-corrected chi connectivity index (χ3v) is 7.45. The summed E-state index contributed by atoms with van der Waals surface area (Å²) in [5.74, 6) is 0.883. The van der Waals surface area contributed by atoms with Crippen molar-refractivity contribution < 1.29 is 9.53 Å². The van der Waals surface area contributed by atoms with Crippen molar-refractivity contribution in [3.8, 4) is 5.75 Å². The van der Waals surface area contributed by atoms with Crippen molar-refractivity contribution >= 4 is 50.9 Å². The third kappa shape index (κ3) is 5.23. The molecule has 1 heterocycles. The van der Waals surface area contributed by atoms with Crippen LogP contribution in [-0.2, 0) is 4.79 Å². The van der Waals surface area contributed by atoms with Crippen LogP contribution in [0.25, 0.3) is 16.5 Å². The molecule has 2 aromatic carbocycles. The summed E-state index contributed by atoms with van der Waals surface area (Å²) in [5, 5.41) is 14.1. The van der Waals surface area contributed by atoms with E-state index in [2.05, 4.69) is 52.0 Å². The molecule has 0 fully saturated rings. The molecule has 1 aromatic heterocycles. The molecule has 4 nitrogen and oxygen atoms in total. The minimum absolute atomic E-state index is 0.0851. The Morgan fingerprint density at radius 2 is 1.58 bits per heavy atom. The maximum Gasteiger partial charge on any atom is 0.186 e. The van der Waals surface area contributed by atoms with E-state index in [1.807, 2.05) is 48.6 Å². The van der Waals surface area contributed by atoms with Gasteiger partial charge in [-0.25, -0.2) is 0 Å². The summed E-state index contributed by atoms with van der Waals surface area (Å²) in [4.78, 5) is 14.5. The number of halogens is 1. The van der Waals surface area contributed by atoms with E-state index >= 15 is 0 Å². The van der Waals surface area contributed by atoms with Crippen LogP contribution < -0.4 is 4.74 Å². The molecular weight excluding hydrogens is 488 g/mol. The average Bonchev–Trinajstić information content (AvgIpc) is 3.22. The second kappa shape index (κ2) is 9.79. The molecule has 0 saturated heterocycles. The second-order valence-electron chi connectivity index (χ2n) is 10.9. The van der Waals surface area contributed by atoms with E-state index in [1.165, 1.54) is 0 Å². The van der Waals surface area contributed by atoms with E-state index in [4.69, 9.17) is 21.5 Å². The fourth-order valence-corrected chi connectivity index (χ4v) is 5.29. The molecule has 1 aliphatic carbocycles. The first kappa shape index (κ1) is 26.1. The van der Waals surface area contributed by atoms with Crippen molar-refractivity contribution in [1.29, 1.82) is 0 Å². The van der Waals surface area contributed by atoms with Gasteiger partial charge in [-0.05, 0) is 64.1 Å². The number of carbonyl (C=O) groups is 1. The van der Waals surface area contributed by atoms with Crippen LogP contribution in [0.15, 0.2) is 86.9 Å². The van der Waals surface area contributed by atoms with Crippen molar-refractivity contribution in [1.82, 2.24) is 0 Å². The maximum absolute atomic E-state index is 13.5. The monoisotopic (exact) mass is 518 g/mol. The van der Waals surface area contributed by atoms with Crippen LogP contribution in [0.2, 0.25) is 5.02 Å².